The largest absolute Gasteiger partial charge is 0.497 e. The summed E-state index contributed by atoms with van der Waals surface area (Å²) >= 11 is 0. The van der Waals surface area contributed by atoms with Crippen LogP contribution in [0.5, 0.6) is 11.5 Å². The number of benzene rings is 2. The fourth-order valence-electron chi connectivity index (χ4n) is 4.72. The summed E-state index contributed by atoms with van der Waals surface area (Å²) in [6.07, 6.45) is 4.69. The average Bonchev–Trinajstić information content (AvgIpc) is 3.60. The van der Waals surface area contributed by atoms with Crippen molar-refractivity contribution in [2.24, 2.45) is 0 Å². The van der Waals surface area contributed by atoms with Gasteiger partial charge in [-0.25, -0.2) is 9.59 Å². The molecule has 0 bridgehead atoms. The number of hydrogen-bond donors (Lipinski definition) is 0. The first kappa shape index (κ1) is 30.7. The maximum atomic E-state index is 13.0. The molecule has 0 aliphatic heterocycles. The molecule has 0 N–H and O–H groups in total. The molecule has 2 unspecified atom stereocenters. The Morgan fingerprint density at radius 3 is 1.38 bits per heavy atom. The number of methoxy groups -OCH3 is 2. The molecule has 0 saturated heterocycles. The van der Waals surface area contributed by atoms with Gasteiger partial charge in [0.25, 0.3) is 0 Å². The van der Waals surface area contributed by atoms with Crippen LogP contribution < -0.4 is 9.47 Å². The van der Waals surface area contributed by atoms with Crippen molar-refractivity contribution >= 4 is 33.7 Å². The van der Waals surface area contributed by atoms with Gasteiger partial charge in [-0.05, 0) is 90.6 Å². The molecule has 0 saturated carbocycles. The van der Waals surface area contributed by atoms with Crippen LogP contribution in [-0.4, -0.2) is 85.4 Å². The van der Waals surface area contributed by atoms with Crippen molar-refractivity contribution < 1.29 is 28.5 Å². The van der Waals surface area contributed by atoms with Gasteiger partial charge in [0.15, 0.2) is 12.5 Å². The smallest absolute Gasteiger partial charge is 0.333 e. The lowest BCUT2D eigenvalue weighted by Crippen LogP contribution is -2.37. The zero-order valence-electron chi connectivity index (χ0n) is 25.5. The van der Waals surface area contributed by atoms with Gasteiger partial charge in [-0.15, -0.1) is 0 Å². The van der Waals surface area contributed by atoms with Crippen molar-refractivity contribution in [3.8, 4) is 11.5 Å². The van der Waals surface area contributed by atoms with Crippen LogP contribution in [0, 0.1) is 0 Å². The minimum absolute atomic E-state index is 0.169. The molecule has 0 radical (unpaired) electrons. The predicted octanol–water partition coefficient (Wildman–Crippen LogP) is 4.85. The van der Waals surface area contributed by atoms with Gasteiger partial charge >= 0.3 is 11.9 Å². The Balaban J connectivity index is 1.53. The highest BCUT2D eigenvalue weighted by Crippen LogP contribution is 2.29. The van der Waals surface area contributed by atoms with Crippen LogP contribution in [0.2, 0.25) is 0 Å². The molecule has 224 valence electrons. The van der Waals surface area contributed by atoms with Crippen molar-refractivity contribution in [1.29, 1.82) is 0 Å². The molecule has 0 aliphatic rings. The van der Waals surface area contributed by atoms with Crippen LogP contribution in [0.3, 0.4) is 0 Å². The lowest BCUT2D eigenvalue weighted by Gasteiger charge is -2.30. The van der Waals surface area contributed by atoms with E-state index in [0.29, 0.717) is 0 Å². The molecule has 10 nitrogen and oxygen atoms in total. The molecule has 0 amide bonds. The van der Waals surface area contributed by atoms with E-state index in [1.165, 1.54) is 0 Å². The average molecular weight is 577 g/mol. The Morgan fingerprint density at radius 1 is 0.667 bits per heavy atom. The summed E-state index contributed by atoms with van der Waals surface area (Å²) < 4.78 is 26.3. The van der Waals surface area contributed by atoms with Crippen molar-refractivity contribution in [2.45, 2.75) is 38.4 Å². The van der Waals surface area contributed by atoms with Gasteiger partial charge in [0.1, 0.15) is 11.5 Å². The second-order valence-corrected chi connectivity index (χ2v) is 10.7. The normalized spacial score (nSPS) is 14.8. The summed E-state index contributed by atoms with van der Waals surface area (Å²) in [5.41, 5.74) is 1.78. The third-order valence-corrected chi connectivity index (χ3v) is 7.69. The number of carbonyl (C=O) groups is 2. The van der Waals surface area contributed by atoms with E-state index in [1.807, 2.05) is 122 Å². The van der Waals surface area contributed by atoms with E-state index in [2.05, 4.69) is 0 Å². The van der Waals surface area contributed by atoms with Crippen molar-refractivity contribution in [3.63, 3.8) is 0 Å². The van der Waals surface area contributed by atoms with Gasteiger partial charge < -0.3 is 37.9 Å². The van der Waals surface area contributed by atoms with Crippen molar-refractivity contribution in [2.75, 3.05) is 42.4 Å². The monoisotopic (exact) mass is 576 g/mol. The second-order valence-electron chi connectivity index (χ2n) is 10.7. The van der Waals surface area contributed by atoms with E-state index in [1.54, 1.807) is 14.2 Å². The fraction of sp³-hybridized carbons (Fsp3) is 0.375. The van der Waals surface area contributed by atoms with Gasteiger partial charge in [-0.2, -0.15) is 0 Å². The first-order valence-corrected chi connectivity index (χ1v) is 13.8. The Bertz CT molecular complexity index is 1450. The molecular weight excluding hydrogens is 536 g/mol. The highest BCUT2D eigenvalue weighted by atomic mass is 16.6. The summed E-state index contributed by atoms with van der Waals surface area (Å²) in [7, 11) is 10.9. The third-order valence-electron chi connectivity index (χ3n) is 7.69. The summed E-state index contributed by atoms with van der Waals surface area (Å²) in [6.45, 7) is 3.94. The van der Waals surface area contributed by atoms with Crippen molar-refractivity contribution in [1.82, 2.24) is 18.9 Å². The van der Waals surface area contributed by atoms with Crippen LogP contribution in [0.4, 0.5) is 0 Å². The van der Waals surface area contributed by atoms with E-state index < -0.39 is 24.4 Å². The molecule has 0 fully saturated rings. The first-order valence-electron chi connectivity index (χ1n) is 13.8. The lowest BCUT2D eigenvalue weighted by molar-refractivity contribution is -0.154. The molecular formula is C32H40N4O6. The quantitative estimate of drug-likeness (QED) is 0.175. The summed E-state index contributed by atoms with van der Waals surface area (Å²) in [5, 5.41) is 1.91. The van der Waals surface area contributed by atoms with Crippen LogP contribution in [-0.2, 0) is 19.1 Å². The number of aromatic nitrogens is 2. The highest BCUT2D eigenvalue weighted by molar-refractivity contribution is 5.92. The molecule has 10 heteroatoms. The molecule has 4 aromatic rings. The molecule has 42 heavy (non-hydrogen) atoms. The Labute approximate surface area is 246 Å². The zero-order chi connectivity index (χ0) is 30.6. The van der Waals surface area contributed by atoms with E-state index in [-0.39, 0.29) is 12.1 Å². The number of rotatable bonds is 12. The zero-order valence-corrected chi connectivity index (χ0v) is 25.5. The molecule has 2 aromatic carbocycles. The number of ether oxygens (including phenoxy) is 4. The van der Waals surface area contributed by atoms with Gasteiger partial charge in [-0.1, -0.05) is 0 Å². The molecule has 2 aromatic heterocycles. The van der Waals surface area contributed by atoms with Gasteiger partial charge in [0.05, 0.1) is 37.3 Å². The standard InChI is InChI=1S/C32H40N4O6/c1-21(33(3)4)31(35-17-15-23-19-25(39-7)9-11-27(23)35)41-29(37)13-14-30(38)42-32(22(2)34(5)6)36-18-16-24-20-26(40-8)10-12-28(24)36/h9-22,31-32H,1-8H3/b14-13+/t21-,22-,31?,32?/m1/s1. The number of likely N-dealkylation sites (N-methyl/N-ethyl adjacent to an activating group) is 2. The number of hydrogen-bond acceptors (Lipinski definition) is 8. The molecule has 0 aliphatic carbocycles. The number of fused-ring (bicyclic) bond motifs is 2. The second kappa shape index (κ2) is 13.1. The Morgan fingerprint density at radius 2 is 1.05 bits per heavy atom. The van der Waals surface area contributed by atoms with Gasteiger partial charge in [-0.3, -0.25) is 0 Å². The SMILES string of the molecule is COc1ccc2c(ccn2C(OC(=O)/C=C/C(=O)OC([C@@H](C)N(C)C)n2ccc3cc(OC)ccc32)[C@@H](C)N(C)C)c1. The fourth-order valence-corrected chi connectivity index (χ4v) is 4.72. The van der Waals surface area contributed by atoms with E-state index in [0.717, 1.165) is 45.5 Å². The molecule has 2 heterocycles. The van der Waals surface area contributed by atoms with Gasteiger partial charge in [0, 0.05) is 35.3 Å². The van der Waals surface area contributed by atoms with Crippen molar-refractivity contribution in [3.05, 3.63) is 73.1 Å². The lowest BCUT2D eigenvalue weighted by atomic mass is 10.2. The topological polar surface area (TPSA) is 87.4 Å². The van der Waals surface area contributed by atoms with Crippen LogP contribution in [0.1, 0.15) is 26.3 Å². The van der Waals surface area contributed by atoms with Crippen LogP contribution in [0.15, 0.2) is 73.1 Å². The molecule has 0 spiro atoms. The summed E-state index contributed by atoms with van der Waals surface area (Å²) in [5.74, 6) is 0.171. The summed E-state index contributed by atoms with van der Waals surface area (Å²) in [6, 6.07) is 15.0. The third kappa shape index (κ3) is 6.61. The van der Waals surface area contributed by atoms with E-state index in [4.69, 9.17) is 18.9 Å². The van der Waals surface area contributed by atoms with Crippen LogP contribution in [0.25, 0.3) is 21.8 Å². The number of esters is 2. The molecule has 4 rings (SSSR count). The maximum absolute atomic E-state index is 13.0. The molecule has 4 atom stereocenters. The summed E-state index contributed by atoms with van der Waals surface area (Å²) in [4.78, 5) is 30.0. The number of nitrogens with zero attached hydrogens (tertiary/aromatic N) is 4. The Kier molecular flexibility index (Phi) is 9.59. The first-order chi connectivity index (χ1) is 20.0. The number of carbonyl (C=O) groups excluding carboxylic acids is 2. The Hall–Kier alpha value is -4.28. The predicted molar refractivity (Wildman–Crippen MR) is 163 cm³/mol. The highest BCUT2D eigenvalue weighted by Gasteiger charge is 2.27. The van der Waals surface area contributed by atoms with E-state index >= 15 is 0 Å². The van der Waals surface area contributed by atoms with Crippen LogP contribution >= 0.6 is 0 Å². The van der Waals surface area contributed by atoms with Gasteiger partial charge in [0.2, 0.25) is 0 Å². The minimum atomic E-state index is -0.656. The maximum Gasteiger partial charge on any atom is 0.333 e. The minimum Gasteiger partial charge on any atom is -0.497 e. The van der Waals surface area contributed by atoms with E-state index in [9.17, 15) is 9.59 Å².